The van der Waals surface area contributed by atoms with Crippen molar-refractivity contribution in [3.8, 4) is 5.75 Å². The molecule has 1 N–H and O–H groups in total. The number of aryl methyl sites for hydroxylation is 1. The van der Waals surface area contributed by atoms with Gasteiger partial charge in [0.2, 0.25) is 5.91 Å². The zero-order valence-electron chi connectivity index (χ0n) is 14.3. The summed E-state index contributed by atoms with van der Waals surface area (Å²) in [5.74, 6) is 0.975. The summed E-state index contributed by atoms with van der Waals surface area (Å²) in [7, 11) is 0. The minimum atomic E-state index is 0.0986. The zero-order chi connectivity index (χ0) is 16.8. The van der Waals surface area contributed by atoms with Crippen LogP contribution in [0, 0.1) is 0 Å². The van der Waals surface area contributed by atoms with Crippen molar-refractivity contribution in [1.82, 2.24) is 5.32 Å². The maximum absolute atomic E-state index is 12.3. The van der Waals surface area contributed by atoms with E-state index >= 15 is 0 Å². The summed E-state index contributed by atoms with van der Waals surface area (Å²) in [5, 5.41) is 3.16. The van der Waals surface area contributed by atoms with Crippen molar-refractivity contribution in [2.75, 3.05) is 19.8 Å². The van der Waals surface area contributed by atoms with Crippen molar-refractivity contribution in [2.24, 2.45) is 0 Å². The Morgan fingerprint density at radius 3 is 2.83 bits per heavy atom. The molecule has 5 heteroatoms. The number of hydrogen-bond acceptors (Lipinski definition) is 4. The summed E-state index contributed by atoms with van der Waals surface area (Å²) in [6, 6.07) is 8.12. The van der Waals surface area contributed by atoms with Crippen molar-refractivity contribution in [1.29, 1.82) is 0 Å². The number of rotatable bonds is 6. The van der Waals surface area contributed by atoms with Crippen LogP contribution >= 0.6 is 0 Å². The third kappa shape index (κ3) is 4.48. The Hall–Kier alpha value is -1.59. The second-order valence-corrected chi connectivity index (χ2v) is 6.44. The van der Waals surface area contributed by atoms with E-state index in [9.17, 15) is 4.79 Å². The minimum absolute atomic E-state index is 0.0986. The van der Waals surface area contributed by atoms with Gasteiger partial charge in [-0.15, -0.1) is 0 Å². The van der Waals surface area contributed by atoms with Crippen LogP contribution in [0.2, 0.25) is 0 Å². The molecule has 3 unspecified atom stereocenters. The molecule has 132 valence electrons. The van der Waals surface area contributed by atoms with Gasteiger partial charge in [0.15, 0.2) is 0 Å². The highest BCUT2D eigenvalue weighted by Crippen LogP contribution is 2.27. The first kappa shape index (κ1) is 17.2. The molecule has 1 heterocycles. The SMILES string of the molecule is CCOc1ccccc1CCC(=O)NC1CCC2OCCOC2C1. The van der Waals surface area contributed by atoms with Gasteiger partial charge in [-0.3, -0.25) is 4.79 Å². The van der Waals surface area contributed by atoms with Gasteiger partial charge < -0.3 is 19.5 Å². The number of fused-ring (bicyclic) bond motifs is 1. The lowest BCUT2D eigenvalue weighted by molar-refractivity contribution is -0.158. The summed E-state index contributed by atoms with van der Waals surface area (Å²) < 4.78 is 17.1. The van der Waals surface area contributed by atoms with E-state index in [0.717, 1.165) is 30.6 Å². The summed E-state index contributed by atoms with van der Waals surface area (Å²) in [6.45, 7) is 3.96. The Morgan fingerprint density at radius 1 is 1.21 bits per heavy atom. The molecule has 3 atom stereocenters. The Bertz CT molecular complexity index is 548. The molecule has 0 aromatic heterocycles. The van der Waals surface area contributed by atoms with Crippen molar-refractivity contribution in [2.45, 2.75) is 57.3 Å². The van der Waals surface area contributed by atoms with E-state index in [1.165, 1.54) is 0 Å². The highest BCUT2D eigenvalue weighted by Gasteiger charge is 2.34. The number of nitrogens with one attached hydrogen (secondary N) is 1. The molecule has 1 aliphatic heterocycles. The number of benzene rings is 1. The normalized spacial score (nSPS) is 26.5. The molecule has 1 saturated heterocycles. The lowest BCUT2D eigenvalue weighted by atomic mass is 9.89. The van der Waals surface area contributed by atoms with Crippen LogP contribution in [0.15, 0.2) is 24.3 Å². The first-order chi connectivity index (χ1) is 11.8. The van der Waals surface area contributed by atoms with E-state index in [1.807, 2.05) is 31.2 Å². The van der Waals surface area contributed by atoms with Gasteiger partial charge in [-0.2, -0.15) is 0 Å². The van der Waals surface area contributed by atoms with E-state index in [2.05, 4.69) is 5.32 Å². The van der Waals surface area contributed by atoms with Crippen LogP contribution in [0.4, 0.5) is 0 Å². The van der Waals surface area contributed by atoms with Crippen LogP contribution < -0.4 is 10.1 Å². The molecule has 1 aromatic carbocycles. The predicted octanol–water partition coefficient (Wildman–Crippen LogP) is 2.47. The Kier molecular flexibility index (Phi) is 6.10. The Balaban J connectivity index is 1.46. The molecule has 5 nitrogen and oxygen atoms in total. The van der Waals surface area contributed by atoms with Crippen molar-refractivity contribution < 1.29 is 19.0 Å². The fourth-order valence-electron chi connectivity index (χ4n) is 3.55. The summed E-state index contributed by atoms with van der Waals surface area (Å²) in [6.07, 6.45) is 4.30. The Morgan fingerprint density at radius 2 is 2.00 bits per heavy atom. The third-order valence-electron chi connectivity index (χ3n) is 4.74. The fraction of sp³-hybridized carbons (Fsp3) is 0.632. The molecule has 1 amide bonds. The van der Waals surface area contributed by atoms with Gasteiger partial charge in [0, 0.05) is 12.5 Å². The second kappa shape index (κ2) is 8.49. The van der Waals surface area contributed by atoms with Crippen LogP contribution in [0.25, 0.3) is 0 Å². The first-order valence-electron chi connectivity index (χ1n) is 8.99. The number of para-hydroxylation sites is 1. The average Bonchev–Trinajstić information content (AvgIpc) is 2.61. The van der Waals surface area contributed by atoms with Crippen LogP contribution in [-0.2, 0) is 20.7 Å². The molecule has 1 aromatic rings. The predicted molar refractivity (Wildman–Crippen MR) is 91.2 cm³/mol. The molecular formula is C19H27NO4. The van der Waals surface area contributed by atoms with Crippen LogP contribution in [0.3, 0.4) is 0 Å². The van der Waals surface area contributed by atoms with Gasteiger partial charge in [0.1, 0.15) is 5.75 Å². The number of carbonyl (C=O) groups is 1. The highest BCUT2D eigenvalue weighted by molar-refractivity contribution is 5.76. The number of hydrogen-bond donors (Lipinski definition) is 1. The Labute approximate surface area is 143 Å². The quantitative estimate of drug-likeness (QED) is 0.869. The van der Waals surface area contributed by atoms with E-state index in [-0.39, 0.29) is 24.2 Å². The molecule has 2 aliphatic rings. The van der Waals surface area contributed by atoms with Gasteiger partial charge >= 0.3 is 0 Å². The fourth-order valence-corrected chi connectivity index (χ4v) is 3.55. The van der Waals surface area contributed by atoms with Crippen molar-refractivity contribution in [3.63, 3.8) is 0 Å². The zero-order valence-corrected chi connectivity index (χ0v) is 14.3. The van der Waals surface area contributed by atoms with Gasteiger partial charge in [0.05, 0.1) is 32.0 Å². The lowest BCUT2D eigenvalue weighted by Gasteiger charge is -2.39. The summed E-state index contributed by atoms with van der Waals surface area (Å²) in [4.78, 5) is 12.3. The monoisotopic (exact) mass is 333 g/mol. The number of ether oxygens (including phenoxy) is 3. The van der Waals surface area contributed by atoms with E-state index < -0.39 is 0 Å². The largest absolute Gasteiger partial charge is 0.494 e. The number of amides is 1. The molecule has 24 heavy (non-hydrogen) atoms. The molecule has 0 bridgehead atoms. The number of carbonyl (C=O) groups excluding carboxylic acids is 1. The van der Waals surface area contributed by atoms with Crippen LogP contribution in [-0.4, -0.2) is 44.0 Å². The average molecular weight is 333 g/mol. The van der Waals surface area contributed by atoms with Crippen LogP contribution in [0.1, 0.15) is 38.2 Å². The van der Waals surface area contributed by atoms with E-state index in [0.29, 0.717) is 32.7 Å². The first-order valence-corrected chi connectivity index (χ1v) is 8.99. The lowest BCUT2D eigenvalue weighted by Crippen LogP contribution is -2.49. The highest BCUT2D eigenvalue weighted by atomic mass is 16.6. The van der Waals surface area contributed by atoms with Gasteiger partial charge in [-0.25, -0.2) is 0 Å². The second-order valence-electron chi connectivity index (χ2n) is 6.44. The molecule has 1 aliphatic carbocycles. The maximum atomic E-state index is 12.3. The van der Waals surface area contributed by atoms with E-state index in [4.69, 9.17) is 14.2 Å². The molecule has 0 spiro atoms. The third-order valence-corrected chi connectivity index (χ3v) is 4.74. The van der Waals surface area contributed by atoms with Crippen molar-refractivity contribution in [3.05, 3.63) is 29.8 Å². The summed E-state index contributed by atoms with van der Waals surface area (Å²) >= 11 is 0. The standard InChI is InChI=1S/C19H27NO4/c1-2-22-16-6-4-3-5-14(16)7-10-19(21)20-15-8-9-17-18(13-15)24-12-11-23-17/h3-6,15,17-18H,2,7-13H2,1H3,(H,20,21). The van der Waals surface area contributed by atoms with Gasteiger partial charge in [0.25, 0.3) is 0 Å². The topological polar surface area (TPSA) is 56.8 Å². The molecule has 1 saturated carbocycles. The molecular weight excluding hydrogens is 306 g/mol. The minimum Gasteiger partial charge on any atom is -0.494 e. The smallest absolute Gasteiger partial charge is 0.220 e. The molecule has 0 radical (unpaired) electrons. The van der Waals surface area contributed by atoms with Crippen molar-refractivity contribution >= 4 is 5.91 Å². The van der Waals surface area contributed by atoms with Gasteiger partial charge in [-0.1, -0.05) is 18.2 Å². The van der Waals surface area contributed by atoms with Crippen LogP contribution in [0.5, 0.6) is 5.75 Å². The maximum Gasteiger partial charge on any atom is 0.220 e. The molecule has 2 fully saturated rings. The van der Waals surface area contributed by atoms with Gasteiger partial charge in [-0.05, 0) is 44.2 Å². The summed E-state index contributed by atoms with van der Waals surface area (Å²) in [5.41, 5.74) is 1.09. The van der Waals surface area contributed by atoms with E-state index in [1.54, 1.807) is 0 Å². The molecule has 3 rings (SSSR count).